The van der Waals surface area contributed by atoms with E-state index in [1.165, 1.54) is 0 Å². The second-order valence-electron chi connectivity index (χ2n) is 7.27. The second kappa shape index (κ2) is 7.88. The molecular formula is C25H24O3S. The molecule has 4 rings (SSSR count). The van der Waals surface area contributed by atoms with Gasteiger partial charge >= 0.3 is 0 Å². The number of aryl methyl sites for hydroxylation is 1. The minimum absolute atomic E-state index is 0.256. The number of rotatable bonds is 6. The second-order valence-corrected chi connectivity index (χ2v) is 9.15. The first kappa shape index (κ1) is 19.5. The third-order valence-corrected chi connectivity index (χ3v) is 7.02. The Morgan fingerprint density at radius 1 is 0.759 bits per heavy atom. The Hall–Kier alpha value is -2.85. The minimum atomic E-state index is -3.77. The number of hydrogen-bond donors (Lipinski definition) is 0. The molecule has 0 bridgehead atoms. The molecule has 0 aromatic heterocycles. The zero-order valence-corrected chi connectivity index (χ0v) is 17.5. The Kier molecular flexibility index (Phi) is 5.29. The molecule has 4 aromatic rings. The van der Waals surface area contributed by atoms with E-state index in [4.69, 9.17) is 4.74 Å². The van der Waals surface area contributed by atoms with Gasteiger partial charge in [-0.05, 0) is 36.2 Å². The molecular weight excluding hydrogens is 380 g/mol. The average Bonchev–Trinajstić information content (AvgIpc) is 2.74. The lowest BCUT2D eigenvalue weighted by Gasteiger charge is -2.18. The predicted molar refractivity (Wildman–Crippen MR) is 118 cm³/mol. The lowest BCUT2D eigenvalue weighted by atomic mass is 10.0. The summed E-state index contributed by atoms with van der Waals surface area (Å²) in [5, 5.41) is 3.43. The smallest absolute Gasteiger partial charge is 0.210 e. The third-order valence-electron chi connectivity index (χ3n) is 5.18. The molecule has 0 unspecified atom stereocenters. The van der Waals surface area contributed by atoms with Gasteiger partial charge in [0, 0.05) is 10.8 Å². The number of ether oxygens (including phenoxy) is 1. The van der Waals surface area contributed by atoms with Gasteiger partial charge in [-0.2, -0.15) is 0 Å². The fourth-order valence-electron chi connectivity index (χ4n) is 3.64. The molecule has 0 aliphatic carbocycles. The fraction of sp³-hybridized carbons (Fsp3) is 0.200. The Morgan fingerprint density at radius 2 is 1.31 bits per heavy atom. The summed E-state index contributed by atoms with van der Waals surface area (Å²) in [5.41, 5.74) is 1.02. The van der Waals surface area contributed by atoms with Crippen LogP contribution in [0, 0.1) is 6.92 Å². The van der Waals surface area contributed by atoms with Crippen LogP contribution in [0.1, 0.15) is 25.3 Å². The highest BCUT2D eigenvalue weighted by Gasteiger charge is 2.27. The fourth-order valence-corrected chi connectivity index (χ4v) is 5.25. The van der Waals surface area contributed by atoms with Gasteiger partial charge in [-0.3, -0.25) is 0 Å². The number of unbranched alkanes of at least 4 members (excludes halogenated alkanes) is 1. The normalized spacial score (nSPS) is 11.8. The van der Waals surface area contributed by atoms with Crippen molar-refractivity contribution < 1.29 is 13.2 Å². The lowest BCUT2D eigenvalue weighted by Crippen LogP contribution is -2.08. The first-order valence-corrected chi connectivity index (χ1v) is 11.4. The SMILES string of the molecule is CCCCOc1c(S(=O)(=O)c2ccc(C)cc2)c2ccccc2c2ccccc12. The van der Waals surface area contributed by atoms with Crippen LogP contribution in [-0.4, -0.2) is 15.0 Å². The zero-order chi connectivity index (χ0) is 20.4. The molecule has 4 heteroatoms. The predicted octanol–water partition coefficient (Wildman–Crippen LogP) is 6.31. The standard InChI is InChI=1S/C25H24O3S/c1-3-4-17-28-24-22-11-7-5-9-20(22)21-10-6-8-12-23(21)25(24)29(26,27)19-15-13-18(2)14-16-19/h5-16H,3-4,17H2,1-2H3. The van der Waals surface area contributed by atoms with Crippen molar-refractivity contribution >= 4 is 31.4 Å². The van der Waals surface area contributed by atoms with Crippen molar-refractivity contribution in [2.24, 2.45) is 0 Å². The molecule has 0 aliphatic heterocycles. The van der Waals surface area contributed by atoms with Gasteiger partial charge < -0.3 is 4.74 Å². The van der Waals surface area contributed by atoms with Gasteiger partial charge in [0.25, 0.3) is 0 Å². The van der Waals surface area contributed by atoms with Gasteiger partial charge in [0.1, 0.15) is 10.6 Å². The molecule has 0 saturated heterocycles. The Morgan fingerprint density at radius 3 is 1.93 bits per heavy atom. The molecule has 4 aromatic carbocycles. The molecule has 3 nitrogen and oxygen atoms in total. The van der Waals surface area contributed by atoms with Gasteiger partial charge in [0.2, 0.25) is 9.84 Å². The Balaban J connectivity index is 2.09. The van der Waals surface area contributed by atoms with Crippen LogP contribution in [0.25, 0.3) is 21.5 Å². The molecule has 0 spiro atoms. The molecule has 0 heterocycles. The summed E-state index contributed by atoms with van der Waals surface area (Å²) >= 11 is 0. The number of sulfone groups is 1. The largest absolute Gasteiger partial charge is 0.492 e. The Labute approximate surface area is 171 Å². The van der Waals surface area contributed by atoms with Crippen LogP contribution >= 0.6 is 0 Å². The first-order chi connectivity index (χ1) is 14.0. The maximum Gasteiger partial charge on any atom is 0.210 e. The summed E-state index contributed by atoms with van der Waals surface area (Å²) in [6.45, 7) is 4.52. The number of benzene rings is 4. The van der Waals surface area contributed by atoms with E-state index < -0.39 is 9.84 Å². The van der Waals surface area contributed by atoms with Gasteiger partial charge in [-0.25, -0.2) is 8.42 Å². The van der Waals surface area contributed by atoms with Crippen LogP contribution < -0.4 is 4.74 Å². The van der Waals surface area contributed by atoms with Gasteiger partial charge in [0.05, 0.1) is 11.5 Å². The zero-order valence-electron chi connectivity index (χ0n) is 16.7. The molecule has 0 aliphatic rings. The van der Waals surface area contributed by atoms with E-state index in [-0.39, 0.29) is 9.79 Å². The van der Waals surface area contributed by atoms with E-state index in [9.17, 15) is 8.42 Å². The van der Waals surface area contributed by atoms with E-state index in [0.717, 1.165) is 34.6 Å². The van der Waals surface area contributed by atoms with Crippen LogP contribution in [0.5, 0.6) is 5.75 Å². The van der Waals surface area contributed by atoms with E-state index >= 15 is 0 Å². The van der Waals surface area contributed by atoms with Gasteiger partial charge in [0.15, 0.2) is 0 Å². The summed E-state index contributed by atoms with van der Waals surface area (Å²) < 4.78 is 33.7. The molecule has 0 amide bonds. The number of fused-ring (bicyclic) bond motifs is 3. The quantitative estimate of drug-likeness (QED) is 0.279. The summed E-state index contributed by atoms with van der Waals surface area (Å²) in [5.74, 6) is 0.452. The van der Waals surface area contributed by atoms with Gasteiger partial charge in [-0.1, -0.05) is 79.6 Å². The maximum atomic E-state index is 13.8. The van der Waals surface area contributed by atoms with E-state index in [1.54, 1.807) is 12.1 Å². The van der Waals surface area contributed by atoms with Crippen molar-refractivity contribution in [2.75, 3.05) is 6.61 Å². The van der Waals surface area contributed by atoms with Crippen LogP contribution in [0.2, 0.25) is 0 Å². The van der Waals surface area contributed by atoms with E-state index in [0.29, 0.717) is 17.7 Å². The molecule has 0 N–H and O–H groups in total. The van der Waals surface area contributed by atoms with Crippen molar-refractivity contribution in [3.05, 3.63) is 78.4 Å². The topological polar surface area (TPSA) is 43.4 Å². The highest BCUT2D eigenvalue weighted by molar-refractivity contribution is 7.91. The monoisotopic (exact) mass is 404 g/mol. The molecule has 0 saturated carbocycles. The molecule has 29 heavy (non-hydrogen) atoms. The molecule has 0 radical (unpaired) electrons. The van der Waals surface area contributed by atoms with Crippen LogP contribution in [0.15, 0.2) is 82.6 Å². The van der Waals surface area contributed by atoms with Gasteiger partial charge in [-0.15, -0.1) is 0 Å². The number of hydrogen-bond acceptors (Lipinski definition) is 3. The summed E-state index contributed by atoms with van der Waals surface area (Å²) in [6, 6.07) is 22.5. The van der Waals surface area contributed by atoms with Crippen molar-refractivity contribution in [3.63, 3.8) is 0 Å². The van der Waals surface area contributed by atoms with E-state index in [1.807, 2.05) is 67.6 Å². The van der Waals surface area contributed by atoms with Crippen LogP contribution in [0.3, 0.4) is 0 Å². The van der Waals surface area contributed by atoms with Crippen molar-refractivity contribution in [2.45, 2.75) is 36.5 Å². The van der Waals surface area contributed by atoms with Crippen molar-refractivity contribution in [1.82, 2.24) is 0 Å². The maximum absolute atomic E-state index is 13.8. The van der Waals surface area contributed by atoms with Crippen molar-refractivity contribution in [3.8, 4) is 5.75 Å². The van der Waals surface area contributed by atoms with Crippen LogP contribution in [-0.2, 0) is 9.84 Å². The molecule has 148 valence electrons. The third kappa shape index (κ3) is 3.49. The highest BCUT2D eigenvalue weighted by Crippen LogP contribution is 2.43. The highest BCUT2D eigenvalue weighted by atomic mass is 32.2. The molecule has 0 atom stereocenters. The Bertz CT molecular complexity index is 1270. The summed E-state index contributed by atoms with van der Waals surface area (Å²) in [7, 11) is -3.77. The molecule has 0 fully saturated rings. The minimum Gasteiger partial charge on any atom is -0.492 e. The summed E-state index contributed by atoms with van der Waals surface area (Å²) in [4.78, 5) is 0.538. The van der Waals surface area contributed by atoms with Crippen LogP contribution in [0.4, 0.5) is 0 Å². The summed E-state index contributed by atoms with van der Waals surface area (Å²) in [6.07, 6.45) is 1.84. The first-order valence-electron chi connectivity index (χ1n) is 9.92. The van der Waals surface area contributed by atoms with E-state index in [2.05, 4.69) is 6.92 Å². The average molecular weight is 405 g/mol. The lowest BCUT2D eigenvalue weighted by molar-refractivity contribution is 0.306. The van der Waals surface area contributed by atoms with Crippen molar-refractivity contribution in [1.29, 1.82) is 0 Å².